The molecule has 0 bridgehead atoms. The molecule has 1 heterocycles. The average molecular weight is 311 g/mol. The molecule has 1 aromatic carbocycles. The predicted octanol–water partition coefficient (Wildman–Crippen LogP) is 2.91. The normalized spacial score (nSPS) is 12.4. The number of rotatable bonds is 4. The number of ether oxygens (including phenoxy) is 1. The van der Waals surface area contributed by atoms with Gasteiger partial charge in [0.2, 0.25) is 0 Å². The molecule has 0 fully saturated rings. The molecule has 1 aromatic heterocycles. The van der Waals surface area contributed by atoms with Gasteiger partial charge in [-0.2, -0.15) is 0 Å². The van der Waals surface area contributed by atoms with Crippen molar-refractivity contribution in [2.75, 3.05) is 7.11 Å². The maximum atomic E-state index is 5.62. The third-order valence-electron chi connectivity index (χ3n) is 2.84. The van der Waals surface area contributed by atoms with Crippen LogP contribution < -0.4 is 16.0 Å². The van der Waals surface area contributed by atoms with Crippen LogP contribution in [-0.4, -0.2) is 7.11 Å². The number of aryl methyl sites for hydroxylation is 1. The van der Waals surface area contributed by atoms with Gasteiger partial charge in [-0.05, 0) is 46.1 Å². The maximum absolute atomic E-state index is 5.62. The first kappa shape index (κ1) is 13.1. The van der Waals surface area contributed by atoms with E-state index in [4.69, 9.17) is 15.0 Å². The minimum atomic E-state index is -0.219. The molecule has 96 valence electrons. The molecule has 3 N–H and O–H groups in total. The number of benzene rings is 1. The van der Waals surface area contributed by atoms with Gasteiger partial charge in [0, 0.05) is 0 Å². The van der Waals surface area contributed by atoms with Gasteiger partial charge in [0.25, 0.3) is 0 Å². The predicted molar refractivity (Wildman–Crippen MR) is 73.3 cm³/mol. The van der Waals surface area contributed by atoms with Crippen molar-refractivity contribution in [2.45, 2.75) is 13.0 Å². The first-order valence-corrected chi connectivity index (χ1v) is 6.30. The van der Waals surface area contributed by atoms with Crippen molar-refractivity contribution >= 4 is 15.9 Å². The zero-order valence-corrected chi connectivity index (χ0v) is 11.8. The van der Waals surface area contributed by atoms with Gasteiger partial charge >= 0.3 is 0 Å². The molecule has 0 saturated heterocycles. The summed E-state index contributed by atoms with van der Waals surface area (Å²) < 4.78 is 11.6. The van der Waals surface area contributed by atoms with E-state index in [2.05, 4.69) is 21.4 Å². The molecule has 1 atom stereocenters. The van der Waals surface area contributed by atoms with E-state index in [1.54, 1.807) is 13.4 Å². The van der Waals surface area contributed by atoms with E-state index in [-0.39, 0.29) is 6.04 Å². The monoisotopic (exact) mass is 310 g/mol. The van der Waals surface area contributed by atoms with Crippen LogP contribution >= 0.6 is 15.9 Å². The molecule has 2 aromatic rings. The summed E-state index contributed by atoms with van der Waals surface area (Å²) in [5, 5.41) is 0. The highest BCUT2D eigenvalue weighted by molar-refractivity contribution is 9.10. The Labute approximate surface area is 114 Å². The van der Waals surface area contributed by atoms with Crippen molar-refractivity contribution in [1.82, 2.24) is 5.43 Å². The summed E-state index contributed by atoms with van der Waals surface area (Å²) in [6, 6.07) is 7.57. The van der Waals surface area contributed by atoms with Crippen molar-refractivity contribution in [1.29, 1.82) is 0 Å². The molecular weight excluding hydrogens is 296 g/mol. The third kappa shape index (κ3) is 2.43. The summed E-state index contributed by atoms with van der Waals surface area (Å²) in [4.78, 5) is 0. The molecule has 0 aliphatic heterocycles. The van der Waals surface area contributed by atoms with Crippen LogP contribution in [0.25, 0.3) is 0 Å². The summed E-state index contributed by atoms with van der Waals surface area (Å²) >= 11 is 3.43. The summed E-state index contributed by atoms with van der Waals surface area (Å²) in [7, 11) is 1.65. The average Bonchev–Trinajstić information content (AvgIpc) is 2.79. The number of methoxy groups -OCH3 is 1. The Bertz CT molecular complexity index is 540. The highest BCUT2D eigenvalue weighted by Gasteiger charge is 2.19. The smallest absolute Gasteiger partial charge is 0.140 e. The lowest BCUT2D eigenvalue weighted by molar-refractivity contribution is 0.408. The topological polar surface area (TPSA) is 60.4 Å². The molecule has 0 radical (unpaired) electrons. The van der Waals surface area contributed by atoms with Gasteiger partial charge in [-0.3, -0.25) is 5.84 Å². The number of hydrazine groups is 1. The molecule has 0 aliphatic carbocycles. The van der Waals surface area contributed by atoms with E-state index in [9.17, 15) is 0 Å². The Hall–Kier alpha value is -1.30. The van der Waals surface area contributed by atoms with Crippen molar-refractivity contribution in [2.24, 2.45) is 5.84 Å². The summed E-state index contributed by atoms with van der Waals surface area (Å²) in [6.45, 7) is 2.00. The third-order valence-corrected chi connectivity index (χ3v) is 3.49. The number of halogens is 1. The van der Waals surface area contributed by atoms with E-state index < -0.39 is 0 Å². The van der Waals surface area contributed by atoms with Gasteiger partial charge in [0.15, 0.2) is 0 Å². The lowest BCUT2D eigenvalue weighted by atomic mass is 10.0. The van der Waals surface area contributed by atoms with Crippen LogP contribution in [0.5, 0.6) is 5.75 Å². The van der Waals surface area contributed by atoms with Gasteiger partial charge in [0.1, 0.15) is 17.6 Å². The Kier molecular flexibility index (Phi) is 4.06. The number of hydrogen-bond donors (Lipinski definition) is 2. The zero-order valence-electron chi connectivity index (χ0n) is 10.2. The molecule has 1 unspecified atom stereocenters. The summed E-state index contributed by atoms with van der Waals surface area (Å²) in [5.74, 6) is 7.19. The van der Waals surface area contributed by atoms with Crippen molar-refractivity contribution in [3.05, 3.63) is 51.9 Å². The van der Waals surface area contributed by atoms with Crippen LogP contribution in [-0.2, 0) is 0 Å². The van der Waals surface area contributed by atoms with E-state index in [0.717, 1.165) is 27.1 Å². The maximum Gasteiger partial charge on any atom is 0.140 e. The second-order valence-corrected chi connectivity index (χ2v) is 4.82. The number of nitrogens with two attached hydrogens (primary N) is 1. The van der Waals surface area contributed by atoms with Gasteiger partial charge in [0.05, 0.1) is 17.8 Å². The lowest BCUT2D eigenvalue weighted by Gasteiger charge is -2.16. The fourth-order valence-corrected chi connectivity index (χ4v) is 2.28. The van der Waals surface area contributed by atoms with Gasteiger partial charge in [-0.1, -0.05) is 12.1 Å². The molecule has 0 aliphatic rings. The number of furan rings is 1. The molecule has 2 rings (SSSR count). The number of nitrogens with one attached hydrogen (secondary N) is 1. The second kappa shape index (κ2) is 5.56. The molecular formula is C13H15BrN2O2. The van der Waals surface area contributed by atoms with Crippen LogP contribution in [0, 0.1) is 6.92 Å². The molecule has 0 spiro atoms. The van der Waals surface area contributed by atoms with Gasteiger partial charge in [-0.25, -0.2) is 5.43 Å². The van der Waals surface area contributed by atoms with Crippen molar-refractivity contribution in [3.63, 3.8) is 0 Å². The lowest BCUT2D eigenvalue weighted by Crippen LogP contribution is -2.28. The van der Waals surface area contributed by atoms with E-state index >= 15 is 0 Å². The minimum absolute atomic E-state index is 0.219. The highest BCUT2D eigenvalue weighted by Crippen LogP contribution is 2.31. The van der Waals surface area contributed by atoms with E-state index in [1.807, 2.05) is 31.2 Å². The zero-order chi connectivity index (χ0) is 13.1. The fourth-order valence-electron chi connectivity index (χ4n) is 1.85. The van der Waals surface area contributed by atoms with Crippen LogP contribution in [0.4, 0.5) is 0 Å². The quantitative estimate of drug-likeness (QED) is 0.673. The molecule has 0 amide bonds. The van der Waals surface area contributed by atoms with Crippen LogP contribution in [0.15, 0.2) is 39.4 Å². The Morgan fingerprint density at radius 1 is 1.39 bits per heavy atom. The first-order valence-electron chi connectivity index (χ1n) is 5.51. The van der Waals surface area contributed by atoms with E-state index in [1.165, 1.54) is 0 Å². The molecule has 18 heavy (non-hydrogen) atoms. The van der Waals surface area contributed by atoms with Crippen LogP contribution in [0.2, 0.25) is 0 Å². The fraction of sp³-hybridized carbons (Fsp3) is 0.231. The largest absolute Gasteiger partial charge is 0.496 e. The van der Waals surface area contributed by atoms with Crippen LogP contribution in [0.3, 0.4) is 0 Å². The van der Waals surface area contributed by atoms with Crippen LogP contribution in [0.1, 0.15) is 22.9 Å². The molecule has 4 nitrogen and oxygen atoms in total. The first-order chi connectivity index (χ1) is 8.67. The number of hydrogen-bond acceptors (Lipinski definition) is 4. The Morgan fingerprint density at radius 3 is 2.72 bits per heavy atom. The molecule has 5 heteroatoms. The van der Waals surface area contributed by atoms with Gasteiger partial charge < -0.3 is 9.15 Å². The van der Waals surface area contributed by atoms with Crippen molar-refractivity contribution in [3.8, 4) is 5.75 Å². The highest BCUT2D eigenvalue weighted by atomic mass is 79.9. The summed E-state index contributed by atoms with van der Waals surface area (Å²) in [5.41, 5.74) is 4.81. The SMILES string of the molecule is COc1cc(C(NN)c2occc2Br)ccc1C. The van der Waals surface area contributed by atoms with Crippen molar-refractivity contribution < 1.29 is 9.15 Å². The van der Waals surface area contributed by atoms with Gasteiger partial charge in [-0.15, -0.1) is 0 Å². The standard InChI is InChI=1S/C13H15BrN2O2/c1-8-3-4-9(7-11(8)17-2)12(16-15)13-10(14)5-6-18-13/h3-7,12,16H,15H2,1-2H3. The summed E-state index contributed by atoms with van der Waals surface area (Å²) in [6.07, 6.45) is 1.62. The minimum Gasteiger partial charge on any atom is -0.496 e. The molecule has 0 saturated carbocycles. The van der Waals surface area contributed by atoms with E-state index in [0.29, 0.717) is 0 Å². The second-order valence-electron chi connectivity index (χ2n) is 3.96. The Morgan fingerprint density at radius 2 is 2.17 bits per heavy atom. The Balaban J connectivity index is 2.42.